The van der Waals surface area contributed by atoms with Crippen molar-refractivity contribution in [3.05, 3.63) is 36.0 Å². The fraction of sp³-hybridized carbons (Fsp3) is 0.250. The van der Waals surface area contributed by atoms with Gasteiger partial charge in [0.15, 0.2) is 11.5 Å². The quantitative estimate of drug-likeness (QED) is 0.922. The third-order valence-electron chi connectivity index (χ3n) is 2.55. The molecule has 2 rings (SSSR count). The molecule has 6 heteroatoms. The molecule has 0 saturated carbocycles. The number of halogens is 1. The van der Waals surface area contributed by atoms with Crippen LogP contribution in [-0.2, 0) is 6.54 Å². The van der Waals surface area contributed by atoms with Gasteiger partial charge < -0.3 is 15.2 Å². The maximum Gasteiger partial charge on any atom is 0.165 e. The van der Waals surface area contributed by atoms with Crippen molar-refractivity contribution in [3.63, 3.8) is 0 Å². The molecule has 2 aromatic rings. The van der Waals surface area contributed by atoms with E-state index in [1.165, 1.54) is 0 Å². The van der Waals surface area contributed by atoms with Crippen LogP contribution in [0.2, 0.25) is 0 Å². The van der Waals surface area contributed by atoms with E-state index >= 15 is 0 Å². The van der Waals surface area contributed by atoms with E-state index < -0.39 is 0 Å². The summed E-state index contributed by atoms with van der Waals surface area (Å²) in [5.41, 5.74) is 6.75. The average molecular weight is 270 g/mol. The highest BCUT2D eigenvalue weighted by atomic mass is 35.5. The minimum absolute atomic E-state index is 0. The number of nitrogens with two attached hydrogens (primary N) is 1. The minimum Gasteiger partial charge on any atom is -0.493 e. The second-order valence-corrected chi connectivity index (χ2v) is 3.57. The molecule has 2 N–H and O–H groups in total. The van der Waals surface area contributed by atoms with E-state index in [9.17, 15) is 0 Å². The number of para-hydroxylation sites is 1. The molecule has 0 bridgehead atoms. The van der Waals surface area contributed by atoms with Crippen LogP contribution >= 0.6 is 12.4 Å². The lowest BCUT2D eigenvalue weighted by Crippen LogP contribution is -2.07. The van der Waals surface area contributed by atoms with Gasteiger partial charge in [-0.3, -0.25) is 0 Å². The Morgan fingerprint density at radius 1 is 1.22 bits per heavy atom. The summed E-state index contributed by atoms with van der Waals surface area (Å²) in [6, 6.07) is 7.49. The molecule has 18 heavy (non-hydrogen) atoms. The third-order valence-corrected chi connectivity index (χ3v) is 2.55. The van der Waals surface area contributed by atoms with Gasteiger partial charge in [0.1, 0.15) is 5.82 Å². The van der Waals surface area contributed by atoms with Crippen molar-refractivity contribution in [2.45, 2.75) is 6.54 Å². The van der Waals surface area contributed by atoms with Gasteiger partial charge in [-0.15, -0.1) is 12.4 Å². The monoisotopic (exact) mass is 269 g/mol. The van der Waals surface area contributed by atoms with Crippen molar-refractivity contribution in [1.29, 1.82) is 0 Å². The second kappa shape index (κ2) is 6.16. The van der Waals surface area contributed by atoms with Crippen LogP contribution in [0.3, 0.4) is 0 Å². The van der Waals surface area contributed by atoms with Crippen molar-refractivity contribution in [2.75, 3.05) is 20.0 Å². The number of hydrogen-bond donors (Lipinski definition) is 1. The van der Waals surface area contributed by atoms with E-state index in [0.29, 0.717) is 23.9 Å². The van der Waals surface area contributed by atoms with Gasteiger partial charge in [-0.05, 0) is 12.1 Å². The molecular formula is C12H16ClN3O2. The molecule has 0 fully saturated rings. The van der Waals surface area contributed by atoms with Gasteiger partial charge in [0, 0.05) is 5.56 Å². The molecular weight excluding hydrogens is 254 g/mol. The number of ether oxygens (including phenoxy) is 2. The predicted octanol–water partition coefficient (Wildman–Crippen LogP) is 1.95. The Hall–Kier alpha value is -1.88. The average Bonchev–Trinajstić information content (AvgIpc) is 2.74. The number of hydrogen-bond acceptors (Lipinski definition) is 4. The Labute approximate surface area is 112 Å². The van der Waals surface area contributed by atoms with Gasteiger partial charge in [-0.1, -0.05) is 12.1 Å². The Bertz CT molecular complexity index is 514. The number of anilines is 1. The molecule has 0 amide bonds. The van der Waals surface area contributed by atoms with Crippen molar-refractivity contribution in [2.24, 2.45) is 0 Å². The Morgan fingerprint density at radius 2 is 2.00 bits per heavy atom. The first-order valence-corrected chi connectivity index (χ1v) is 5.23. The SMILES string of the molecule is COc1cccc(Cn2nccc2N)c1OC.Cl. The number of nitrogen functional groups attached to an aromatic ring is 1. The van der Waals surface area contributed by atoms with Gasteiger partial charge in [0.2, 0.25) is 0 Å². The van der Waals surface area contributed by atoms with Crippen LogP contribution in [0.15, 0.2) is 30.5 Å². The van der Waals surface area contributed by atoms with Crippen molar-refractivity contribution in [1.82, 2.24) is 9.78 Å². The highest BCUT2D eigenvalue weighted by Gasteiger charge is 2.10. The lowest BCUT2D eigenvalue weighted by Gasteiger charge is -2.13. The van der Waals surface area contributed by atoms with E-state index in [2.05, 4.69) is 5.10 Å². The topological polar surface area (TPSA) is 62.3 Å². The molecule has 5 nitrogen and oxygen atoms in total. The summed E-state index contributed by atoms with van der Waals surface area (Å²) in [5.74, 6) is 2.04. The van der Waals surface area contributed by atoms with Crippen LogP contribution < -0.4 is 15.2 Å². The minimum atomic E-state index is 0. The van der Waals surface area contributed by atoms with Crippen molar-refractivity contribution >= 4 is 18.2 Å². The molecule has 0 radical (unpaired) electrons. The number of benzene rings is 1. The Morgan fingerprint density at radius 3 is 2.56 bits per heavy atom. The zero-order valence-electron chi connectivity index (χ0n) is 10.3. The maximum absolute atomic E-state index is 5.78. The fourth-order valence-electron chi connectivity index (χ4n) is 1.71. The van der Waals surface area contributed by atoms with E-state index in [-0.39, 0.29) is 12.4 Å². The molecule has 0 aliphatic heterocycles. The lowest BCUT2D eigenvalue weighted by atomic mass is 10.2. The molecule has 0 aliphatic carbocycles. The van der Waals surface area contributed by atoms with E-state index in [1.54, 1.807) is 31.2 Å². The predicted molar refractivity (Wildman–Crippen MR) is 72.5 cm³/mol. The summed E-state index contributed by atoms with van der Waals surface area (Å²) in [4.78, 5) is 0. The molecule has 98 valence electrons. The van der Waals surface area contributed by atoms with E-state index in [0.717, 1.165) is 5.56 Å². The number of rotatable bonds is 4. The second-order valence-electron chi connectivity index (χ2n) is 3.57. The fourth-order valence-corrected chi connectivity index (χ4v) is 1.71. The molecule has 1 heterocycles. The molecule has 0 spiro atoms. The first kappa shape index (κ1) is 14.2. The van der Waals surface area contributed by atoms with Gasteiger partial charge in [-0.25, -0.2) is 4.68 Å². The van der Waals surface area contributed by atoms with Gasteiger partial charge in [-0.2, -0.15) is 5.10 Å². The molecule has 0 atom stereocenters. The van der Waals surface area contributed by atoms with Crippen LogP contribution in [0, 0.1) is 0 Å². The summed E-state index contributed by atoms with van der Waals surface area (Å²) in [7, 11) is 3.23. The van der Waals surface area contributed by atoms with E-state index in [4.69, 9.17) is 15.2 Å². The Balaban J connectivity index is 0.00000162. The first-order chi connectivity index (χ1) is 8.26. The maximum atomic E-state index is 5.78. The largest absolute Gasteiger partial charge is 0.493 e. The lowest BCUT2D eigenvalue weighted by molar-refractivity contribution is 0.350. The highest BCUT2D eigenvalue weighted by molar-refractivity contribution is 5.85. The molecule has 0 saturated heterocycles. The van der Waals surface area contributed by atoms with Crippen molar-refractivity contribution in [3.8, 4) is 11.5 Å². The number of aromatic nitrogens is 2. The highest BCUT2D eigenvalue weighted by Crippen LogP contribution is 2.31. The van der Waals surface area contributed by atoms with Crippen molar-refractivity contribution < 1.29 is 9.47 Å². The third kappa shape index (κ3) is 2.68. The van der Waals surface area contributed by atoms with Crippen LogP contribution in [-0.4, -0.2) is 24.0 Å². The molecule has 0 aliphatic rings. The molecule has 0 unspecified atom stereocenters. The van der Waals surface area contributed by atoms with Crippen LogP contribution in [0.5, 0.6) is 11.5 Å². The summed E-state index contributed by atoms with van der Waals surface area (Å²) < 4.78 is 12.3. The van der Waals surface area contributed by atoms with Gasteiger partial charge >= 0.3 is 0 Å². The summed E-state index contributed by atoms with van der Waals surface area (Å²) in [6.45, 7) is 0.555. The van der Waals surface area contributed by atoms with Crippen LogP contribution in [0.1, 0.15) is 5.56 Å². The molecule has 1 aromatic carbocycles. The first-order valence-electron chi connectivity index (χ1n) is 5.23. The summed E-state index contributed by atoms with van der Waals surface area (Å²) in [5, 5.41) is 4.14. The number of nitrogens with zero attached hydrogens (tertiary/aromatic N) is 2. The summed E-state index contributed by atoms with van der Waals surface area (Å²) >= 11 is 0. The van der Waals surface area contributed by atoms with E-state index in [1.807, 2.05) is 18.2 Å². The smallest absolute Gasteiger partial charge is 0.165 e. The van der Waals surface area contributed by atoms with Crippen LogP contribution in [0.4, 0.5) is 5.82 Å². The standard InChI is InChI=1S/C12H15N3O2.ClH/c1-16-10-5-3-4-9(12(10)17-2)8-15-11(13)6-7-14-15;/h3-7H,8,13H2,1-2H3;1H. The number of methoxy groups -OCH3 is 2. The summed E-state index contributed by atoms with van der Waals surface area (Å²) in [6.07, 6.45) is 1.67. The van der Waals surface area contributed by atoms with Gasteiger partial charge in [0.05, 0.1) is 27.0 Å². The normalized spacial score (nSPS) is 9.67. The van der Waals surface area contributed by atoms with Gasteiger partial charge in [0.25, 0.3) is 0 Å². The molecule has 1 aromatic heterocycles. The van der Waals surface area contributed by atoms with Crippen LogP contribution in [0.25, 0.3) is 0 Å². The Kier molecular flexibility index (Phi) is 4.85. The zero-order chi connectivity index (χ0) is 12.3. The zero-order valence-corrected chi connectivity index (χ0v) is 11.1.